The Hall–Kier alpha value is -0.650. The van der Waals surface area contributed by atoms with E-state index >= 15 is 0 Å². The molecule has 0 atom stereocenters. The zero-order valence-corrected chi connectivity index (χ0v) is 11.8. The fraction of sp³-hybridized carbons (Fsp3) is 0.364. The summed E-state index contributed by atoms with van der Waals surface area (Å²) in [6.45, 7) is 4.06. The molecule has 17 heavy (non-hydrogen) atoms. The largest absolute Gasteiger partial charge is 0.323 e. The highest BCUT2D eigenvalue weighted by atomic mass is 79.9. The number of carbonyl (C=O) groups is 1. The van der Waals surface area contributed by atoms with Gasteiger partial charge in [-0.05, 0) is 28.1 Å². The molecule has 0 radical (unpaired) electrons. The van der Waals surface area contributed by atoms with E-state index in [0.717, 1.165) is 6.07 Å². The van der Waals surface area contributed by atoms with Crippen LogP contribution in [0.5, 0.6) is 0 Å². The van der Waals surface area contributed by atoms with Gasteiger partial charge in [-0.25, -0.2) is 4.39 Å². The summed E-state index contributed by atoms with van der Waals surface area (Å²) in [7, 11) is 0. The summed E-state index contributed by atoms with van der Waals surface area (Å²) in [6.07, 6.45) is 0. The zero-order chi connectivity index (χ0) is 13.0. The number of nitrogens with one attached hydrogen (secondary N) is 2. The number of amides is 1. The normalized spacial score (nSPS) is 10.7. The smallest absolute Gasteiger partial charge is 0.238 e. The van der Waals surface area contributed by atoms with Crippen molar-refractivity contribution in [3.63, 3.8) is 0 Å². The molecule has 0 aliphatic heterocycles. The van der Waals surface area contributed by atoms with E-state index in [4.69, 9.17) is 11.6 Å². The van der Waals surface area contributed by atoms with Crippen LogP contribution in [-0.2, 0) is 4.79 Å². The van der Waals surface area contributed by atoms with Crippen LogP contribution in [0.2, 0.25) is 5.02 Å². The molecule has 6 heteroatoms. The van der Waals surface area contributed by atoms with Gasteiger partial charge in [0.2, 0.25) is 5.91 Å². The Kier molecular flexibility index (Phi) is 5.36. The molecule has 0 aromatic heterocycles. The number of halogens is 3. The number of carbonyl (C=O) groups excluding carboxylic acids is 1. The van der Waals surface area contributed by atoms with Crippen LogP contribution in [0, 0.1) is 5.82 Å². The van der Waals surface area contributed by atoms with Crippen LogP contribution < -0.4 is 10.6 Å². The molecule has 1 aromatic rings. The Labute approximate surface area is 113 Å². The van der Waals surface area contributed by atoms with Crippen molar-refractivity contribution in [2.75, 3.05) is 11.9 Å². The van der Waals surface area contributed by atoms with Gasteiger partial charge in [0, 0.05) is 10.5 Å². The third kappa shape index (κ3) is 4.61. The molecule has 3 nitrogen and oxygen atoms in total. The molecular weight excluding hydrogens is 310 g/mol. The maximum Gasteiger partial charge on any atom is 0.238 e. The summed E-state index contributed by atoms with van der Waals surface area (Å²) >= 11 is 8.98. The van der Waals surface area contributed by atoms with E-state index < -0.39 is 5.82 Å². The molecule has 94 valence electrons. The molecule has 1 rings (SSSR count). The number of hydrogen-bond donors (Lipinski definition) is 2. The molecule has 2 N–H and O–H groups in total. The SMILES string of the molecule is CC(C)NCC(=O)Nc1c(Cl)cc(F)cc1Br. The van der Waals surface area contributed by atoms with E-state index in [1.54, 1.807) is 0 Å². The van der Waals surface area contributed by atoms with Crippen LogP contribution in [0.1, 0.15) is 13.8 Å². The van der Waals surface area contributed by atoms with Gasteiger partial charge in [-0.1, -0.05) is 25.4 Å². The average molecular weight is 324 g/mol. The molecule has 0 heterocycles. The van der Waals surface area contributed by atoms with E-state index in [1.165, 1.54) is 6.07 Å². The topological polar surface area (TPSA) is 41.1 Å². The Bertz CT molecular complexity index is 403. The number of benzene rings is 1. The number of anilines is 1. The maximum atomic E-state index is 13.0. The minimum atomic E-state index is -0.458. The van der Waals surface area contributed by atoms with Crippen molar-refractivity contribution in [1.29, 1.82) is 0 Å². The second kappa shape index (κ2) is 6.33. The molecular formula is C11H13BrClFN2O. The van der Waals surface area contributed by atoms with Crippen molar-refractivity contribution in [2.45, 2.75) is 19.9 Å². The molecule has 0 spiro atoms. The first-order chi connectivity index (χ1) is 7.90. The van der Waals surface area contributed by atoms with Gasteiger partial charge in [-0.2, -0.15) is 0 Å². The Morgan fingerprint density at radius 2 is 2.18 bits per heavy atom. The summed E-state index contributed by atoms with van der Waals surface area (Å²) in [5, 5.41) is 5.75. The first kappa shape index (κ1) is 14.4. The Morgan fingerprint density at radius 3 is 2.71 bits per heavy atom. The second-order valence-electron chi connectivity index (χ2n) is 3.83. The molecule has 0 aliphatic rings. The summed E-state index contributed by atoms with van der Waals surface area (Å²) in [5.74, 6) is -0.687. The van der Waals surface area contributed by atoms with Gasteiger partial charge in [-0.15, -0.1) is 0 Å². The lowest BCUT2D eigenvalue weighted by molar-refractivity contribution is -0.115. The third-order valence-electron chi connectivity index (χ3n) is 1.94. The second-order valence-corrected chi connectivity index (χ2v) is 5.09. The molecule has 0 saturated heterocycles. The van der Waals surface area contributed by atoms with Gasteiger partial charge >= 0.3 is 0 Å². The Balaban J connectivity index is 2.72. The summed E-state index contributed by atoms with van der Waals surface area (Å²) in [4.78, 5) is 11.6. The lowest BCUT2D eigenvalue weighted by Crippen LogP contribution is -2.32. The fourth-order valence-electron chi connectivity index (χ4n) is 1.14. The van der Waals surface area contributed by atoms with E-state index in [0.29, 0.717) is 10.2 Å². The van der Waals surface area contributed by atoms with Gasteiger partial charge in [0.25, 0.3) is 0 Å². The summed E-state index contributed by atoms with van der Waals surface area (Å²) < 4.78 is 13.4. The van der Waals surface area contributed by atoms with E-state index in [-0.39, 0.29) is 23.5 Å². The van der Waals surface area contributed by atoms with Gasteiger partial charge in [0.05, 0.1) is 17.3 Å². The van der Waals surface area contributed by atoms with Crippen molar-refractivity contribution < 1.29 is 9.18 Å². The van der Waals surface area contributed by atoms with E-state index in [1.807, 2.05) is 13.8 Å². The maximum absolute atomic E-state index is 13.0. The van der Waals surface area contributed by atoms with Crippen molar-refractivity contribution in [1.82, 2.24) is 5.32 Å². The van der Waals surface area contributed by atoms with Crippen molar-refractivity contribution in [3.05, 3.63) is 27.4 Å². The van der Waals surface area contributed by atoms with Crippen LogP contribution >= 0.6 is 27.5 Å². The standard InChI is InChI=1S/C11H13BrClFN2O/c1-6(2)15-5-10(17)16-11-8(12)3-7(14)4-9(11)13/h3-4,6,15H,5H2,1-2H3,(H,16,17). The van der Waals surface area contributed by atoms with Crippen LogP contribution in [0.15, 0.2) is 16.6 Å². The minimum absolute atomic E-state index is 0.162. The molecule has 0 bridgehead atoms. The lowest BCUT2D eigenvalue weighted by atomic mass is 10.3. The van der Waals surface area contributed by atoms with Crippen LogP contribution in [0.3, 0.4) is 0 Å². The van der Waals surface area contributed by atoms with Gasteiger partial charge in [-0.3, -0.25) is 4.79 Å². The number of rotatable bonds is 4. The van der Waals surface area contributed by atoms with Crippen LogP contribution in [-0.4, -0.2) is 18.5 Å². The van der Waals surface area contributed by atoms with Crippen molar-refractivity contribution in [3.8, 4) is 0 Å². The third-order valence-corrected chi connectivity index (χ3v) is 2.87. The predicted octanol–water partition coefficient (Wildman–Crippen LogP) is 3.18. The monoisotopic (exact) mass is 322 g/mol. The lowest BCUT2D eigenvalue weighted by Gasteiger charge is -2.11. The highest BCUT2D eigenvalue weighted by molar-refractivity contribution is 9.10. The van der Waals surface area contributed by atoms with Crippen molar-refractivity contribution in [2.24, 2.45) is 0 Å². The highest BCUT2D eigenvalue weighted by Gasteiger charge is 2.11. The molecule has 1 amide bonds. The molecule has 0 saturated carbocycles. The quantitative estimate of drug-likeness (QED) is 0.893. The Morgan fingerprint density at radius 1 is 1.53 bits per heavy atom. The van der Waals surface area contributed by atoms with Gasteiger partial charge in [0.15, 0.2) is 0 Å². The zero-order valence-electron chi connectivity index (χ0n) is 9.48. The van der Waals surface area contributed by atoms with Crippen LogP contribution in [0.25, 0.3) is 0 Å². The number of hydrogen-bond acceptors (Lipinski definition) is 2. The molecule has 0 unspecified atom stereocenters. The summed E-state index contributed by atoms with van der Waals surface area (Å²) in [5.41, 5.74) is 0.378. The van der Waals surface area contributed by atoms with Gasteiger partial charge < -0.3 is 10.6 Å². The molecule has 0 fully saturated rings. The first-order valence-electron chi connectivity index (χ1n) is 5.08. The van der Waals surface area contributed by atoms with Crippen molar-refractivity contribution >= 4 is 39.1 Å². The van der Waals surface area contributed by atoms with E-state index in [9.17, 15) is 9.18 Å². The molecule has 0 aliphatic carbocycles. The summed E-state index contributed by atoms with van der Waals surface area (Å²) in [6, 6.07) is 2.61. The van der Waals surface area contributed by atoms with Gasteiger partial charge in [0.1, 0.15) is 5.82 Å². The average Bonchev–Trinajstić information content (AvgIpc) is 2.20. The molecule has 1 aromatic carbocycles. The minimum Gasteiger partial charge on any atom is -0.323 e. The van der Waals surface area contributed by atoms with Crippen LogP contribution in [0.4, 0.5) is 10.1 Å². The first-order valence-corrected chi connectivity index (χ1v) is 6.25. The fourth-order valence-corrected chi connectivity index (χ4v) is 2.04. The highest BCUT2D eigenvalue weighted by Crippen LogP contribution is 2.31. The predicted molar refractivity (Wildman–Crippen MR) is 70.9 cm³/mol. The van der Waals surface area contributed by atoms with E-state index in [2.05, 4.69) is 26.6 Å².